The number of aryl methyl sites for hydroxylation is 4. The molecule has 0 aliphatic carbocycles. The monoisotopic (exact) mass is 590 g/mol. The van der Waals surface area contributed by atoms with Crippen molar-refractivity contribution in [3.63, 3.8) is 0 Å². The highest BCUT2D eigenvalue weighted by molar-refractivity contribution is 6.01. The fourth-order valence-corrected chi connectivity index (χ4v) is 5.71. The quantitative estimate of drug-likeness (QED) is 0.261. The van der Waals surface area contributed by atoms with E-state index in [2.05, 4.69) is 19.9 Å². The SMILES string of the molecule is [2H]C([2H])([2H])[n+]1cccc2c1-c1nc-2nc2[nH]c(nc3nc(nc4[nH]c(n1)c1ccc[n+](C([2H])([2H])[2H])c41)-c1ccc[n+](C([2H])([2H])[2H])c1-3)c1ccc[n+](C([2H])([2H])[2H])c21. The Morgan fingerprint density at radius 1 is 0.477 bits per heavy atom. The van der Waals surface area contributed by atoms with Crippen molar-refractivity contribution in [2.45, 2.75) is 0 Å². The molecule has 44 heavy (non-hydrogen) atoms. The van der Waals surface area contributed by atoms with Crippen molar-refractivity contribution in [1.82, 2.24) is 39.9 Å². The predicted molar refractivity (Wildman–Crippen MR) is 161 cm³/mol. The van der Waals surface area contributed by atoms with Gasteiger partial charge < -0.3 is 9.97 Å². The topological polar surface area (TPSA) is 124 Å². The molecule has 0 saturated heterocycles. The smallest absolute Gasteiger partial charge is 0.261 e. The van der Waals surface area contributed by atoms with Crippen LogP contribution in [-0.2, 0) is 27.9 Å². The molecule has 7 aromatic heterocycles. The summed E-state index contributed by atoms with van der Waals surface area (Å²) in [5.74, 6) is -0.275. The summed E-state index contributed by atoms with van der Waals surface area (Å²) in [5.41, 5.74) is 0.855. The number of pyridine rings is 4. The van der Waals surface area contributed by atoms with E-state index < -0.39 is 27.9 Å². The molecule has 9 heterocycles. The molecule has 12 nitrogen and oxygen atoms in total. The molecular formula is C32H26N12+4. The number of rotatable bonds is 0. The lowest BCUT2D eigenvalue weighted by Gasteiger charge is -1.96. The second-order valence-corrected chi connectivity index (χ2v) is 10.2. The van der Waals surface area contributed by atoms with Crippen LogP contribution in [-0.4, -0.2) is 39.9 Å². The molecule has 0 atom stereocenters. The van der Waals surface area contributed by atoms with E-state index in [1.807, 2.05) is 0 Å². The van der Waals surface area contributed by atoms with E-state index in [1.54, 1.807) is 24.3 Å². The van der Waals surface area contributed by atoms with E-state index in [0.717, 1.165) is 18.3 Å². The van der Waals surface area contributed by atoms with Crippen molar-refractivity contribution in [2.24, 2.45) is 27.9 Å². The Hall–Kier alpha value is -6.04. The molecule has 2 aliphatic rings. The lowest BCUT2D eigenvalue weighted by molar-refractivity contribution is -0.660. The number of hydrogen-bond acceptors (Lipinski definition) is 6. The summed E-state index contributed by atoms with van der Waals surface area (Å²) in [7, 11) is 0. The van der Waals surface area contributed by atoms with Crippen molar-refractivity contribution in [1.29, 1.82) is 0 Å². The maximum absolute atomic E-state index is 8.32. The number of H-pyrrole nitrogens is 2. The van der Waals surface area contributed by atoms with Gasteiger partial charge in [-0.15, -0.1) is 0 Å². The molecule has 210 valence electrons. The number of hydrogen-bond donors (Lipinski definition) is 2. The van der Waals surface area contributed by atoms with E-state index in [0.29, 0.717) is 0 Å². The summed E-state index contributed by atoms with van der Waals surface area (Å²) >= 11 is 0. The first-order valence-corrected chi connectivity index (χ1v) is 13.3. The zero-order valence-corrected chi connectivity index (χ0v) is 22.4. The number of nitrogens with zero attached hydrogens (tertiary/aromatic N) is 10. The third-order valence-electron chi connectivity index (χ3n) is 7.61. The second-order valence-electron chi connectivity index (χ2n) is 10.2. The first-order chi connectivity index (χ1) is 26.3. The van der Waals surface area contributed by atoms with Gasteiger partial charge in [0.05, 0.1) is 21.9 Å². The second kappa shape index (κ2) is 8.74. The largest absolute Gasteiger partial charge is 0.318 e. The average Bonchev–Trinajstić information content (AvgIpc) is 3.85. The highest BCUT2D eigenvalue weighted by atomic mass is 15.1. The lowest BCUT2D eigenvalue weighted by Crippen LogP contribution is -2.30. The number of aromatic amines is 2. The zero-order chi connectivity index (χ0) is 39.7. The fourth-order valence-electron chi connectivity index (χ4n) is 5.71. The van der Waals surface area contributed by atoms with Crippen LogP contribution in [0.1, 0.15) is 16.4 Å². The van der Waals surface area contributed by atoms with Crippen molar-refractivity contribution in [3.05, 3.63) is 73.3 Å². The lowest BCUT2D eigenvalue weighted by atomic mass is 10.2. The molecule has 9 rings (SSSR count). The van der Waals surface area contributed by atoms with Gasteiger partial charge in [-0.2, -0.15) is 18.3 Å². The van der Waals surface area contributed by atoms with Crippen LogP contribution >= 0.6 is 0 Å². The van der Waals surface area contributed by atoms with Crippen LogP contribution in [0.3, 0.4) is 0 Å². The highest BCUT2D eigenvalue weighted by Crippen LogP contribution is 2.33. The standard InChI is InChI=1S/C32H25N12/c1-41-13-5-9-17-21(41)29-33-25(17)38-30-23-19(11-7-15-43(23)3)27(35-30)40-32-24-20(12-8-16-44(24)4)28(36-32)39-31-22-18(26(34-31)37-29)10-6-14-42(22)2/h5-16H,1-4H3,(H,33,34,35,36,37,38,39,40)/q+3/p+1/i1D3,2D3,3D3,4D3. The van der Waals surface area contributed by atoms with Gasteiger partial charge in [0.25, 0.3) is 22.4 Å². The summed E-state index contributed by atoms with van der Waals surface area (Å²) in [5, 5.41) is 0.545. The Morgan fingerprint density at radius 2 is 0.886 bits per heavy atom. The van der Waals surface area contributed by atoms with Crippen LogP contribution in [0, 0.1) is 0 Å². The number of fused-ring (bicyclic) bond motifs is 20. The molecule has 2 aliphatic heterocycles. The first-order valence-electron chi connectivity index (χ1n) is 19.3. The van der Waals surface area contributed by atoms with Gasteiger partial charge in [-0.3, -0.25) is 0 Å². The van der Waals surface area contributed by atoms with Crippen LogP contribution in [0.4, 0.5) is 0 Å². The van der Waals surface area contributed by atoms with Gasteiger partial charge in [0.2, 0.25) is 22.9 Å². The van der Waals surface area contributed by atoms with E-state index in [1.165, 1.54) is 49.1 Å². The van der Waals surface area contributed by atoms with Crippen molar-refractivity contribution in [3.8, 4) is 45.8 Å². The van der Waals surface area contributed by atoms with E-state index in [4.69, 9.17) is 36.4 Å². The van der Waals surface area contributed by atoms with Crippen LogP contribution < -0.4 is 18.3 Å². The van der Waals surface area contributed by atoms with E-state index in [9.17, 15) is 0 Å². The molecule has 2 N–H and O–H groups in total. The summed E-state index contributed by atoms with van der Waals surface area (Å²) in [6.45, 7) is -10.8. The highest BCUT2D eigenvalue weighted by Gasteiger charge is 2.31. The fraction of sp³-hybridized carbons (Fsp3) is 0.125. The predicted octanol–water partition coefficient (Wildman–Crippen LogP) is 2.17. The van der Waals surface area contributed by atoms with Gasteiger partial charge in [-0.1, -0.05) is 0 Å². The third kappa shape index (κ3) is 3.38. The minimum absolute atomic E-state index is 0.0198. The Labute approximate surface area is 266 Å². The van der Waals surface area contributed by atoms with Gasteiger partial charge in [0.15, 0.2) is 36.4 Å². The average molecular weight is 591 g/mol. The van der Waals surface area contributed by atoms with Gasteiger partial charge >= 0.3 is 0 Å². The molecule has 12 heteroatoms. The number of aromatic nitrogens is 12. The molecule has 0 unspecified atom stereocenters. The molecule has 0 aromatic carbocycles. The third-order valence-corrected chi connectivity index (χ3v) is 7.61. The molecule has 0 fully saturated rings. The van der Waals surface area contributed by atoms with Gasteiger partial charge in [0.1, 0.15) is 55.6 Å². The van der Waals surface area contributed by atoms with Crippen LogP contribution in [0.25, 0.3) is 90.2 Å². The maximum atomic E-state index is 8.32. The van der Waals surface area contributed by atoms with E-state index >= 15 is 0 Å². The van der Waals surface area contributed by atoms with Crippen LogP contribution in [0.2, 0.25) is 0 Å². The van der Waals surface area contributed by atoms with Crippen molar-refractivity contribution in [2.75, 3.05) is 0 Å². The Morgan fingerprint density at radius 3 is 1.34 bits per heavy atom. The summed E-state index contributed by atoms with van der Waals surface area (Å²) in [6.07, 6.45) is 5.39. The Bertz CT molecular complexity index is 2800. The summed E-state index contributed by atoms with van der Waals surface area (Å²) < 4.78 is 104. The van der Waals surface area contributed by atoms with E-state index in [-0.39, 0.29) is 90.2 Å². The molecule has 7 aromatic rings. The molecule has 0 radical (unpaired) electrons. The minimum atomic E-state index is -2.71. The Balaban J connectivity index is 1.55. The zero-order valence-electron chi connectivity index (χ0n) is 34.4. The maximum Gasteiger partial charge on any atom is 0.261 e. The molecule has 0 spiro atoms. The summed E-state index contributed by atoms with van der Waals surface area (Å²) in [6, 6.07) is 12.4. The molecule has 8 bridgehead atoms. The van der Waals surface area contributed by atoms with Crippen molar-refractivity contribution < 1.29 is 34.7 Å². The van der Waals surface area contributed by atoms with Gasteiger partial charge in [-0.05, 0) is 24.3 Å². The van der Waals surface area contributed by atoms with Crippen molar-refractivity contribution >= 4 is 44.4 Å². The first kappa shape index (κ1) is 15.4. The summed E-state index contributed by atoms with van der Waals surface area (Å²) in [4.78, 5) is 34.6. The van der Waals surface area contributed by atoms with Gasteiger partial charge in [0, 0.05) is 24.3 Å². The van der Waals surface area contributed by atoms with Crippen LogP contribution in [0.5, 0.6) is 0 Å². The minimum Gasteiger partial charge on any atom is -0.318 e. The number of nitrogens with one attached hydrogen (secondary N) is 2. The molecular weight excluding hydrogens is 552 g/mol. The van der Waals surface area contributed by atoms with Crippen LogP contribution in [0.15, 0.2) is 73.3 Å². The normalized spacial score (nSPS) is 17.3. The molecule has 0 saturated carbocycles. The Kier molecular flexibility index (Phi) is 3.07. The van der Waals surface area contributed by atoms with Gasteiger partial charge in [-0.25, -0.2) is 29.9 Å². The molecule has 0 amide bonds.